The molecule has 1 fully saturated rings. The summed E-state index contributed by atoms with van der Waals surface area (Å²) in [6, 6.07) is 7.82. The number of morpholine rings is 1. The van der Waals surface area contributed by atoms with Crippen LogP contribution in [0.5, 0.6) is 0 Å². The molecule has 1 aromatic heterocycles. The van der Waals surface area contributed by atoms with E-state index >= 15 is 0 Å². The lowest BCUT2D eigenvalue weighted by Gasteiger charge is -2.35. The molecule has 24 heavy (non-hydrogen) atoms. The standard InChI is InChI=1S/C18H23N3O2S/c1-12-8-21(9-13(2)23-12)10-15-4-6-16(7-5-15)17(22)20-18-14(3)19-11-24-18/h4-7,11-13H,8-10H2,1-3H3,(H,20,22). The Hall–Kier alpha value is -1.76. The number of carbonyl (C=O) groups is 1. The minimum Gasteiger partial charge on any atom is -0.373 e. The molecule has 2 heterocycles. The maximum Gasteiger partial charge on any atom is 0.256 e. The van der Waals surface area contributed by atoms with E-state index in [1.807, 2.05) is 31.2 Å². The summed E-state index contributed by atoms with van der Waals surface area (Å²) in [5, 5.41) is 3.71. The third kappa shape index (κ3) is 4.20. The second kappa shape index (κ2) is 7.42. The predicted octanol–water partition coefficient (Wildman–Crippen LogP) is 3.31. The van der Waals surface area contributed by atoms with E-state index in [2.05, 4.69) is 29.0 Å². The Morgan fingerprint density at radius 2 is 1.96 bits per heavy atom. The van der Waals surface area contributed by atoms with Crippen molar-refractivity contribution in [3.8, 4) is 0 Å². The molecule has 5 nitrogen and oxygen atoms in total. The average Bonchev–Trinajstić information content (AvgIpc) is 2.92. The second-order valence-corrected chi connectivity index (χ2v) is 7.22. The van der Waals surface area contributed by atoms with Crippen molar-refractivity contribution in [2.24, 2.45) is 0 Å². The molecular formula is C18H23N3O2S. The van der Waals surface area contributed by atoms with E-state index in [1.165, 1.54) is 16.9 Å². The molecule has 0 saturated carbocycles. The van der Waals surface area contributed by atoms with Crippen LogP contribution in [-0.4, -0.2) is 41.1 Å². The summed E-state index contributed by atoms with van der Waals surface area (Å²) >= 11 is 1.44. The molecule has 1 aliphatic heterocycles. The minimum absolute atomic E-state index is 0.0949. The maximum atomic E-state index is 12.3. The van der Waals surface area contributed by atoms with E-state index in [9.17, 15) is 4.79 Å². The molecule has 1 N–H and O–H groups in total. The number of nitrogens with zero attached hydrogens (tertiary/aromatic N) is 2. The Bertz CT molecular complexity index is 689. The molecule has 128 valence electrons. The van der Waals surface area contributed by atoms with Crippen LogP contribution in [-0.2, 0) is 11.3 Å². The SMILES string of the molecule is Cc1ncsc1NC(=O)c1ccc(CN2CC(C)OC(C)C2)cc1. The molecule has 1 saturated heterocycles. The van der Waals surface area contributed by atoms with Gasteiger partial charge in [0.25, 0.3) is 5.91 Å². The molecule has 2 atom stereocenters. The van der Waals surface area contributed by atoms with Gasteiger partial charge in [0.15, 0.2) is 0 Å². The maximum absolute atomic E-state index is 12.3. The summed E-state index contributed by atoms with van der Waals surface area (Å²) in [4.78, 5) is 18.8. The van der Waals surface area contributed by atoms with Gasteiger partial charge in [-0.1, -0.05) is 12.1 Å². The molecule has 0 radical (unpaired) electrons. The van der Waals surface area contributed by atoms with Crippen molar-refractivity contribution in [1.82, 2.24) is 9.88 Å². The smallest absolute Gasteiger partial charge is 0.256 e. The van der Waals surface area contributed by atoms with Gasteiger partial charge in [0.1, 0.15) is 5.00 Å². The summed E-state index contributed by atoms with van der Waals surface area (Å²) in [7, 11) is 0. The van der Waals surface area contributed by atoms with Gasteiger partial charge in [0.2, 0.25) is 0 Å². The van der Waals surface area contributed by atoms with Crippen LogP contribution >= 0.6 is 11.3 Å². The van der Waals surface area contributed by atoms with Crippen molar-refractivity contribution in [3.63, 3.8) is 0 Å². The van der Waals surface area contributed by atoms with Crippen LogP contribution in [0.4, 0.5) is 5.00 Å². The van der Waals surface area contributed by atoms with Crippen LogP contribution in [0.3, 0.4) is 0 Å². The number of thiazole rings is 1. The Morgan fingerprint density at radius 3 is 2.54 bits per heavy atom. The lowest BCUT2D eigenvalue weighted by atomic mass is 10.1. The molecule has 1 aliphatic rings. The largest absolute Gasteiger partial charge is 0.373 e. The van der Waals surface area contributed by atoms with Gasteiger partial charge in [-0.3, -0.25) is 9.69 Å². The fourth-order valence-corrected chi connectivity index (χ4v) is 3.72. The number of ether oxygens (including phenoxy) is 1. The average molecular weight is 345 g/mol. The van der Waals surface area contributed by atoms with Gasteiger partial charge in [-0.05, 0) is 38.5 Å². The van der Waals surface area contributed by atoms with E-state index in [0.29, 0.717) is 5.56 Å². The first-order chi connectivity index (χ1) is 11.5. The molecule has 3 rings (SSSR count). The van der Waals surface area contributed by atoms with Crippen LogP contribution in [0.25, 0.3) is 0 Å². The topological polar surface area (TPSA) is 54.5 Å². The first-order valence-electron chi connectivity index (χ1n) is 8.19. The van der Waals surface area contributed by atoms with E-state index in [-0.39, 0.29) is 18.1 Å². The van der Waals surface area contributed by atoms with Crippen LogP contribution in [0.15, 0.2) is 29.8 Å². The zero-order valence-corrected chi connectivity index (χ0v) is 15.1. The van der Waals surface area contributed by atoms with E-state index in [1.54, 1.807) is 5.51 Å². The van der Waals surface area contributed by atoms with Crippen molar-refractivity contribution in [2.75, 3.05) is 18.4 Å². The third-order valence-corrected chi connectivity index (χ3v) is 4.93. The monoisotopic (exact) mass is 345 g/mol. The van der Waals surface area contributed by atoms with Crippen LogP contribution < -0.4 is 5.32 Å². The van der Waals surface area contributed by atoms with Crippen molar-refractivity contribution < 1.29 is 9.53 Å². The summed E-state index contributed by atoms with van der Waals surface area (Å²) in [6.45, 7) is 8.87. The Kier molecular flexibility index (Phi) is 5.28. The van der Waals surface area contributed by atoms with Gasteiger partial charge >= 0.3 is 0 Å². The number of anilines is 1. The zero-order valence-electron chi connectivity index (χ0n) is 14.3. The van der Waals surface area contributed by atoms with Crippen LogP contribution in [0, 0.1) is 6.92 Å². The summed E-state index contributed by atoms with van der Waals surface area (Å²) in [5.74, 6) is -0.0949. The van der Waals surface area contributed by atoms with E-state index in [0.717, 1.165) is 30.3 Å². The van der Waals surface area contributed by atoms with Crippen molar-refractivity contribution in [2.45, 2.75) is 39.5 Å². The number of aromatic nitrogens is 1. The molecule has 0 aliphatic carbocycles. The molecule has 2 unspecified atom stereocenters. The van der Waals surface area contributed by atoms with Crippen molar-refractivity contribution in [3.05, 3.63) is 46.6 Å². The number of benzene rings is 1. The Balaban J connectivity index is 1.61. The first-order valence-corrected chi connectivity index (χ1v) is 9.07. The van der Waals surface area contributed by atoms with Gasteiger partial charge < -0.3 is 10.1 Å². The molecule has 2 aromatic rings. The lowest BCUT2D eigenvalue weighted by Crippen LogP contribution is -2.44. The van der Waals surface area contributed by atoms with Gasteiger partial charge in [-0.15, -0.1) is 11.3 Å². The van der Waals surface area contributed by atoms with Crippen molar-refractivity contribution in [1.29, 1.82) is 0 Å². The molecule has 1 amide bonds. The van der Waals surface area contributed by atoms with Gasteiger partial charge in [0.05, 0.1) is 23.4 Å². The lowest BCUT2D eigenvalue weighted by molar-refractivity contribution is -0.0704. The third-order valence-electron chi connectivity index (χ3n) is 4.09. The first kappa shape index (κ1) is 17.1. The fraction of sp³-hybridized carbons (Fsp3) is 0.444. The summed E-state index contributed by atoms with van der Waals surface area (Å²) in [5.41, 5.74) is 4.45. The zero-order chi connectivity index (χ0) is 17.1. The number of aryl methyl sites for hydroxylation is 1. The molecule has 6 heteroatoms. The van der Waals surface area contributed by atoms with Crippen molar-refractivity contribution >= 4 is 22.2 Å². The number of hydrogen-bond acceptors (Lipinski definition) is 5. The fourth-order valence-electron chi connectivity index (χ4n) is 3.03. The van der Waals surface area contributed by atoms with Crippen LogP contribution in [0.2, 0.25) is 0 Å². The minimum atomic E-state index is -0.0949. The predicted molar refractivity (Wildman–Crippen MR) is 96.5 cm³/mol. The summed E-state index contributed by atoms with van der Waals surface area (Å²) < 4.78 is 5.77. The number of rotatable bonds is 4. The van der Waals surface area contributed by atoms with E-state index < -0.39 is 0 Å². The molecule has 0 spiro atoms. The Labute approximate surface area is 146 Å². The van der Waals surface area contributed by atoms with Gasteiger partial charge in [-0.25, -0.2) is 4.98 Å². The summed E-state index contributed by atoms with van der Waals surface area (Å²) in [6.07, 6.45) is 0.530. The Morgan fingerprint density at radius 1 is 1.29 bits per heavy atom. The number of amides is 1. The normalized spacial score (nSPS) is 21.6. The van der Waals surface area contributed by atoms with E-state index in [4.69, 9.17) is 4.74 Å². The van der Waals surface area contributed by atoms with Gasteiger partial charge in [-0.2, -0.15) is 0 Å². The molecule has 0 bridgehead atoms. The number of carbonyl (C=O) groups excluding carboxylic acids is 1. The van der Waals surface area contributed by atoms with Crippen LogP contribution in [0.1, 0.15) is 35.5 Å². The highest BCUT2D eigenvalue weighted by Crippen LogP contribution is 2.20. The quantitative estimate of drug-likeness (QED) is 0.924. The van der Waals surface area contributed by atoms with Gasteiger partial charge in [0, 0.05) is 25.2 Å². The molecule has 1 aromatic carbocycles. The highest BCUT2D eigenvalue weighted by atomic mass is 32.1. The highest BCUT2D eigenvalue weighted by molar-refractivity contribution is 7.14. The molecular weight excluding hydrogens is 322 g/mol. The number of hydrogen-bond donors (Lipinski definition) is 1. The highest BCUT2D eigenvalue weighted by Gasteiger charge is 2.22. The number of nitrogens with one attached hydrogen (secondary N) is 1. The second-order valence-electron chi connectivity index (χ2n) is 6.37.